The van der Waals surface area contributed by atoms with E-state index in [-0.39, 0.29) is 48.2 Å². The van der Waals surface area contributed by atoms with Gasteiger partial charge in [0, 0.05) is 29.0 Å². The van der Waals surface area contributed by atoms with E-state index < -0.39 is 5.54 Å². The Morgan fingerprint density at radius 2 is 2.22 bits per heavy atom. The zero-order valence-electron chi connectivity index (χ0n) is 13.6. The average Bonchev–Trinajstić information content (AvgIpc) is 2.89. The van der Waals surface area contributed by atoms with Crippen molar-refractivity contribution >= 4 is 42.1 Å². The highest BCUT2D eigenvalue weighted by Gasteiger charge is 2.70. The maximum absolute atomic E-state index is 12.7. The van der Waals surface area contributed by atoms with Crippen LogP contribution in [0.3, 0.4) is 0 Å². The summed E-state index contributed by atoms with van der Waals surface area (Å²) >= 11 is 1.60. The molecule has 2 heterocycles. The summed E-state index contributed by atoms with van der Waals surface area (Å²) in [7, 11) is 0. The standard InChI is InChI=1S/C15H23N3O2S.2ClH/c1-9-17-7-10(21-9)8-18-13(19)15(16)11-5-4-6-20-12(11)14(15,2)3;;/h7,11-12H,4-6,8,16H2,1-3H3,(H,18,19);2*1H. The Balaban J connectivity index is 0.00000132. The molecular weight excluding hydrogens is 357 g/mol. The van der Waals surface area contributed by atoms with Gasteiger partial charge in [0.15, 0.2) is 0 Å². The molecule has 1 aromatic rings. The van der Waals surface area contributed by atoms with Gasteiger partial charge < -0.3 is 15.8 Å². The van der Waals surface area contributed by atoms with Gasteiger partial charge in [0.25, 0.3) is 0 Å². The van der Waals surface area contributed by atoms with E-state index in [0.717, 1.165) is 29.3 Å². The molecule has 0 aromatic carbocycles. The van der Waals surface area contributed by atoms with Gasteiger partial charge in [-0.1, -0.05) is 13.8 Å². The number of thiazole rings is 1. The summed E-state index contributed by atoms with van der Waals surface area (Å²) in [6.07, 6.45) is 3.87. The molecular formula is C15H25Cl2N3O2S. The lowest BCUT2D eigenvalue weighted by atomic mass is 9.46. The highest BCUT2D eigenvalue weighted by molar-refractivity contribution is 7.11. The highest BCUT2D eigenvalue weighted by atomic mass is 35.5. The third-order valence-corrected chi connectivity index (χ3v) is 6.07. The number of rotatable bonds is 3. The zero-order valence-corrected chi connectivity index (χ0v) is 16.1. The first kappa shape index (κ1) is 20.6. The van der Waals surface area contributed by atoms with Gasteiger partial charge in [0.1, 0.15) is 5.54 Å². The van der Waals surface area contributed by atoms with Crippen molar-refractivity contribution in [1.82, 2.24) is 10.3 Å². The van der Waals surface area contributed by atoms with E-state index in [1.165, 1.54) is 0 Å². The van der Waals surface area contributed by atoms with Crippen LogP contribution in [0.4, 0.5) is 0 Å². The van der Waals surface area contributed by atoms with Crippen molar-refractivity contribution in [2.75, 3.05) is 6.61 Å². The Kier molecular flexibility index (Phi) is 6.49. The van der Waals surface area contributed by atoms with Gasteiger partial charge >= 0.3 is 0 Å². The van der Waals surface area contributed by atoms with Gasteiger partial charge in [-0.15, -0.1) is 36.2 Å². The molecule has 23 heavy (non-hydrogen) atoms. The van der Waals surface area contributed by atoms with Crippen molar-refractivity contribution in [2.24, 2.45) is 17.1 Å². The van der Waals surface area contributed by atoms with E-state index in [4.69, 9.17) is 10.5 Å². The van der Waals surface area contributed by atoms with Gasteiger partial charge in [-0.2, -0.15) is 0 Å². The van der Waals surface area contributed by atoms with Crippen LogP contribution in [-0.4, -0.2) is 29.1 Å². The SMILES string of the molecule is Cc1ncc(CNC(=O)C2(N)C3CCCOC3C2(C)C)s1.Cl.Cl. The molecule has 3 rings (SSSR count). The van der Waals surface area contributed by atoms with Crippen molar-refractivity contribution in [3.8, 4) is 0 Å². The normalized spacial score (nSPS) is 31.0. The molecule has 1 aromatic heterocycles. The Bertz CT molecular complexity index is 567. The maximum atomic E-state index is 12.7. The van der Waals surface area contributed by atoms with Crippen LogP contribution < -0.4 is 11.1 Å². The molecule has 8 heteroatoms. The molecule has 1 amide bonds. The van der Waals surface area contributed by atoms with Crippen LogP contribution in [0.5, 0.6) is 0 Å². The van der Waals surface area contributed by atoms with Gasteiger partial charge in [0.05, 0.1) is 17.7 Å². The van der Waals surface area contributed by atoms with Crippen LogP contribution in [0, 0.1) is 18.3 Å². The fourth-order valence-electron chi connectivity index (χ4n) is 3.84. The fraction of sp³-hybridized carbons (Fsp3) is 0.733. The summed E-state index contributed by atoms with van der Waals surface area (Å²) in [5, 5.41) is 4.00. The Morgan fingerprint density at radius 1 is 1.52 bits per heavy atom. The van der Waals surface area contributed by atoms with Crippen molar-refractivity contribution < 1.29 is 9.53 Å². The van der Waals surface area contributed by atoms with Crippen molar-refractivity contribution in [3.63, 3.8) is 0 Å². The van der Waals surface area contributed by atoms with Crippen LogP contribution in [-0.2, 0) is 16.1 Å². The molecule has 1 aliphatic carbocycles. The van der Waals surface area contributed by atoms with E-state index in [1.807, 2.05) is 27.0 Å². The van der Waals surface area contributed by atoms with Gasteiger partial charge in [-0.05, 0) is 19.8 Å². The molecule has 3 atom stereocenters. The summed E-state index contributed by atoms with van der Waals surface area (Å²) in [5.74, 6) is 0.0646. The molecule has 0 bridgehead atoms. The predicted molar refractivity (Wildman–Crippen MR) is 96.4 cm³/mol. The number of ether oxygens (including phenoxy) is 1. The molecule has 3 N–H and O–H groups in total. The molecule has 3 unspecified atom stereocenters. The number of nitrogens with one attached hydrogen (secondary N) is 1. The Hall–Kier alpha value is -0.400. The lowest BCUT2D eigenvalue weighted by Gasteiger charge is -2.65. The first-order valence-corrected chi connectivity index (χ1v) is 8.29. The fourth-order valence-corrected chi connectivity index (χ4v) is 4.57. The molecule has 5 nitrogen and oxygen atoms in total. The summed E-state index contributed by atoms with van der Waals surface area (Å²) in [5.41, 5.74) is 5.38. The van der Waals surface area contributed by atoms with Crippen molar-refractivity contribution in [3.05, 3.63) is 16.1 Å². The lowest BCUT2D eigenvalue weighted by molar-refractivity contribution is -0.225. The number of hydrogen-bond acceptors (Lipinski definition) is 5. The quantitative estimate of drug-likeness (QED) is 0.842. The second-order valence-electron chi connectivity index (χ2n) is 6.66. The molecule has 2 aliphatic rings. The van der Waals surface area contributed by atoms with Crippen LogP contribution in [0.15, 0.2) is 6.20 Å². The number of hydrogen-bond donors (Lipinski definition) is 2. The number of carbonyl (C=O) groups is 1. The smallest absolute Gasteiger partial charge is 0.241 e. The third kappa shape index (κ3) is 3.12. The van der Waals surface area contributed by atoms with E-state index in [2.05, 4.69) is 10.3 Å². The monoisotopic (exact) mass is 381 g/mol. The molecule has 132 valence electrons. The number of halogens is 2. The van der Waals surface area contributed by atoms with Crippen LogP contribution in [0.25, 0.3) is 0 Å². The second-order valence-corrected chi connectivity index (χ2v) is 7.98. The summed E-state index contributed by atoms with van der Waals surface area (Å²) in [6.45, 7) is 7.31. The van der Waals surface area contributed by atoms with E-state index in [9.17, 15) is 4.79 Å². The molecule has 0 radical (unpaired) electrons. The lowest BCUT2D eigenvalue weighted by Crippen LogP contribution is -2.82. The first-order valence-electron chi connectivity index (χ1n) is 7.47. The average molecular weight is 382 g/mol. The summed E-state index contributed by atoms with van der Waals surface area (Å²) in [6, 6.07) is 0. The number of nitrogens with two attached hydrogens (primary N) is 1. The van der Waals surface area contributed by atoms with Gasteiger partial charge in [-0.25, -0.2) is 4.98 Å². The zero-order chi connectivity index (χ0) is 15.3. The predicted octanol–water partition coefficient (Wildman–Crippen LogP) is 2.44. The second kappa shape index (κ2) is 7.23. The van der Waals surface area contributed by atoms with Gasteiger partial charge in [0.2, 0.25) is 5.91 Å². The summed E-state index contributed by atoms with van der Waals surface area (Å²) in [4.78, 5) is 17.9. The highest BCUT2D eigenvalue weighted by Crippen LogP contribution is 2.57. The van der Waals surface area contributed by atoms with Gasteiger partial charge in [-0.3, -0.25) is 4.79 Å². The number of aromatic nitrogens is 1. The number of fused-ring (bicyclic) bond motifs is 1. The topological polar surface area (TPSA) is 77.2 Å². The number of nitrogens with zero attached hydrogens (tertiary/aromatic N) is 1. The largest absolute Gasteiger partial charge is 0.377 e. The van der Waals surface area contributed by atoms with Crippen LogP contribution in [0.1, 0.15) is 36.6 Å². The summed E-state index contributed by atoms with van der Waals surface area (Å²) < 4.78 is 5.84. The minimum atomic E-state index is -0.835. The van der Waals surface area contributed by atoms with E-state index >= 15 is 0 Å². The molecule has 1 saturated carbocycles. The molecule has 1 saturated heterocycles. The minimum absolute atomic E-state index is 0. The molecule has 2 fully saturated rings. The Morgan fingerprint density at radius 3 is 2.83 bits per heavy atom. The first-order chi connectivity index (χ1) is 9.87. The minimum Gasteiger partial charge on any atom is -0.377 e. The van der Waals surface area contributed by atoms with Crippen molar-refractivity contribution in [2.45, 2.75) is 51.8 Å². The molecule has 0 spiro atoms. The van der Waals surface area contributed by atoms with Crippen molar-refractivity contribution in [1.29, 1.82) is 0 Å². The maximum Gasteiger partial charge on any atom is 0.241 e. The van der Waals surface area contributed by atoms with Crippen LogP contribution in [0.2, 0.25) is 0 Å². The third-order valence-electron chi connectivity index (χ3n) is 5.15. The van der Waals surface area contributed by atoms with Crippen LogP contribution >= 0.6 is 36.2 Å². The Labute approximate surface area is 153 Å². The number of carbonyl (C=O) groups excluding carboxylic acids is 1. The van der Waals surface area contributed by atoms with E-state index in [1.54, 1.807) is 11.3 Å². The number of aryl methyl sites for hydroxylation is 1. The van der Waals surface area contributed by atoms with E-state index in [0.29, 0.717) is 6.54 Å². The molecule has 1 aliphatic heterocycles. The number of amides is 1.